The summed E-state index contributed by atoms with van der Waals surface area (Å²) in [5.41, 5.74) is 3.85. The molecule has 2 aliphatic rings. The minimum atomic E-state index is -0.632. The van der Waals surface area contributed by atoms with Crippen LogP contribution in [0.3, 0.4) is 0 Å². The minimum absolute atomic E-state index is 0.222. The Bertz CT molecular complexity index is 1160. The zero-order valence-corrected chi connectivity index (χ0v) is 20.8. The highest BCUT2D eigenvalue weighted by Gasteiger charge is 2.51. The minimum Gasteiger partial charge on any atom is -0.495 e. The highest BCUT2D eigenvalue weighted by atomic mass is 16.5. The molecule has 5 heteroatoms. The molecule has 1 fully saturated rings. The molecule has 0 spiro atoms. The van der Waals surface area contributed by atoms with Gasteiger partial charge >= 0.3 is 0 Å². The molecule has 0 aromatic heterocycles. The van der Waals surface area contributed by atoms with Crippen LogP contribution < -0.4 is 14.5 Å². The molecule has 1 amide bonds. The molecule has 0 bridgehead atoms. The zero-order chi connectivity index (χ0) is 24.3. The Morgan fingerprint density at radius 1 is 0.800 bits per heavy atom. The third kappa shape index (κ3) is 4.19. The first-order valence-electron chi connectivity index (χ1n) is 12.8. The van der Waals surface area contributed by atoms with Crippen LogP contribution in [0.1, 0.15) is 30.9 Å². The monoisotopic (exact) mass is 469 g/mol. The fraction of sp³-hybridized carbons (Fsp3) is 0.367. The van der Waals surface area contributed by atoms with E-state index < -0.39 is 5.41 Å². The summed E-state index contributed by atoms with van der Waals surface area (Å²) in [4.78, 5) is 21.1. The van der Waals surface area contributed by atoms with Crippen molar-refractivity contribution < 1.29 is 9.53 Å². The third-order valence-corrected chi connectivity index (χ3v) is 7.58. The fourth-order valence-corrected chi connectivity index (χ4v) is 5.79. The number of rotatable bonds is 8. The summed E-state index contributed by atoms with van der Waals surface area (Å²) in [6, 6.07) is 27.0. The maximum atomic E-state index is 14.1. The maximum absolute atomic E-state index is 14.1. The summed E-state index contributed by atoms with van der Waals surface area (Å²) in [6.45, 7) is 7.61. The van der Waals surface area contributed by atoms with E-state index in [4.69, 9.17) is 4.74 Å². The van der Waals surface area contributed by atoms with Crippen molar-refractivity contribution in [1.29, 1.82) is 0 Å². The van der Waals surface area contributed by atoms with Crippen molar-refractivity contribution in [1.82, 2.24) is 4.90 Å². The standard InChI is InChI=1S/C30H35N3O2/c1-3-18-33-26-14-8-7-13-25(26)30(29(33)34,24-11-5-4-6-12-24)17-19-31-20-22-32(23-21-31)27-15-9-10-16-28(27)35-2/h4-16H,3,17-23H2,1-2H3. The quantitative estimate of drug-likeness (QED) is 0.468. The van der Waals surface area contributed by atoms with Crippen LogP contribution in [0.4, 0.5) is 11.4 Å². The van der Waals surface area contributed by atoms with Gasteiger partial charge in [0.2, 0.25) is 5.91 Å². The smallest absolute Gasteiger partial charge is 0.242 e. The lowest BCUT2D eigenvalue weighted by molar-refractivity contribution is -0.122. The lowest BCUT2D eigenvalue weighted by atomic mass is 9.72. The van der Waals surface area contributed by atoms with Crippen LogP contribution in [-0.4, -0.2) is 57.2 Å². The summed E-state index contributed by atoms with van der Waals surface area (Å²) in [7, 11) is 1.73. The van der Waals surface area contributed by atoms with E-state index in [1.165, 1.54) is 0 Å². The van der Waals surface area contributed by atoms with Gasteiger partial charge in [0, 0.05) is 38.4 Å². The maximum Gasteiger partial charge on any atom is 0.242 e. The van der Waals surface area contributed by atoms with E-state index in [0.29, 0.717) is 0 Å². The number of hydrogen-bond donors (Lipinski definition) is 0. The van der Waals surface area contributed by atoms with Gasteiger partial charge in [0.05, 0.1) is 12.8 Å². The van der Waals surface area contributed by atoms with Gasteiger partial charge < -0.3 is 14.5 Å². The Morgan fingerprint density at radius 3 is 2.17 bits per heavy atom. The van der Waals surface area contributed by atoms with Gasteiger partial charge in [-0.1, -0.05) is 67.6 Å². The summed E-state index contributed by atoms with van der Waals surface area (Å²) in [5, 5.41) is 0. The number of benzene rings is 3. The zero-order valence-electron chi connectivity index (χ0n) is 20.8. The molecule has 35 heavy (non-hydrogen) atoms. The topological polar surface area (TPSA) is 36.0 Å². The highest BCUT2D eigenvalue weighted by molar-refractivity contribution is 6.10. The highest BCUT2D eigenvalue weighted by Crippen LogP contribution is 2.48. The Balaban J connectivity index is 1.38. The van der Waals surface area contributed by atoms with Gasteiger partial charge in [0.25, 0.3) is 0 Å². The normalized spacial score (nSPS) is 20.2. The predicted octanol–water partition coefficient (Wildman–Crippen LogP) is 4.95. The van der Waals surface area contributed by atoms with Gasteiger partial charge in [0.15, 0.2) is 0 Å². The number of ether oxygens (including phenoxy) is 1. The molecule has 0 saturated carbocycles. The van der Waals surface area contributed by atoms with Crippen molar-refractivity contribution in [3.05, 3.63) is 90.0 Å². The summed E-state index contributed by atoms with van der Waals surface area (Å²) in [6.07, 6.45) is 1.72. The van der Waals surface area contributed by atoms with Crippen LogP contribution in [-0.2, 0) is 10.2 Å². The van der Waals surface area contributed by atoms with Crippen molar-refractivity contribution in [3.8, 4) is 5.75 Å². The lowest BCUT2D eigenvalue weighted by Crippen LogP contribution is -2.49. The summed E-state index contributed by atoms with van der Waals surface area (Å²) >= 11 is 0. The first-order chi connectivity index (χ1) is 17.2. The predicted molar refractivity (Wildman–Crippen MR) is 143 cm³/mol. The molecular weight excluding hydrogens is 434 g/mol. The van der Waals surface area contributed by atoms with Crippen LogP contribution in [0.15, 0.2) is 78.9 Å². The van der Waals surface area contributed by atoms with E-state index in [-0.39, 0.29) is 5.91 Å². The number of carbonyl (C=O) groups is 1. The lowest BCUT2D eigenvalue weighted by Gasteiger charge is -2.38. The van der Waals surface area contributed by atoms with Gasteiger partial charge in [-0.3, -0.25) is 9.69 Å². The Labute approximate surface area is 208 Å². The number of amides is 1. The molecule has 5 nitrogen and oxygen atoms in total. The van der Waals surface area contributed by atoms with E-state index in [1.54, 1.807) is 7.11 Å². The number of anilines is 2. The van der Waals surface area contributed by atoms with Gasteiger partial charge in [-0.05, 0) is 48.7 Å². The van der Waals surface area contributed by atoms with E-state index in [1.807, 2.05) is 29.2 Å². The van der Waals surface area contributed by atoms with Crippen molar-refractivity contribution in [2.75, 3.05) is 56.2 Å². The van der Waals surface area contributed by atoms with Crippen molar-refractivity contribution >= 4 is 17.3 Å². The molecule has 0 aliphatic carbocycles. The number of carbonyl (C=O) groups excluding carboxylic acids is 1. The van der Waals surface area contributed by atoms with Gasteiger partial charge in [-0.15, -0.1) is 0 Å². The Kier molecular flexibility index (Phi) is 6.78. The molecule has 182 valence electrons. The number of fused-ring (bicyclic) bond motifs is 1. The first kappa shape index (κ1) is 23.4. The molecule has 3 aromatic carbocycles. The van der Waals surface area contributed by atoms with Gasteiger partial charge in [0.1, 0.15) is 11.2 Å². The fourth-order valence-electron chi connectivity index (χ4n) is 5.79. The van der Waals surface area contributed by atoms with Crippen LogP contribution in [0, 0.1) is 0 Å². The van der Waals surface area contributed by atoms with Crippen LogP contribution in [0.2, 0.25) is 0 Å². The molecule has 2 heterocycles. The van der Waals surface area contributed by atoms with Crippen LogP contribution in [0.25, 0.3) is 0 Å². The molecule has 2 aliphatic heterocycles. The number of para-hydroxylation sites is 3. The molecule has 0 radical (unpaired) electrons. The SMILES string of the molecule is CCCN1C(=O)C(CCN2CCN(c3ccccc3OC)CC2)(c2ccccc2)c2ccccc21. The molecule has 3 aromatic rings. The second kappa shape index (κ2) is 10.1. The molecule has 1 atom stereocenters. The van der Waals surface area contributed by atoms with E-state index >= 15 is 0 Å². The molecule has 5 rings (SSSR count). The largest absolute Gasteiger partial charge is 0.495 e. The average Bonchev–Trinajstić information content (AvgIpc) is 3.16. The number of piperazine rings is 1. The second-order valence-corrected chi connectivity index (χ2v) is 9.50. The van der Waals surface area contributed by atoms with E-state index in [2.05, 4.69) is 71.3 Å². The number of hydrogen-bond acceptors (Lipinski definition) is 4. The number of methoxy groups -OCH3 is 1. The Morgan fingerprint density at radius 2 is 1.46 bits per heavy atom. The first-order valence-corrected chi connectivity index (χ1v) is 12.8. The molecule has 1 unspecified atom stereocenters. The van der Waals surface area contributed by atoms with Crippen molar-refractivity contribution in [3.63, 3.8) is 0 Å². The van der Waals surface area contributed by atoms with E-state index in [9.17, 15) is 4.79 Å². The third-order valence-electron chi connectivity index (χ3n) is 7.58. The average molecular weight is 470 g/mol. The second-order valence-electron chi connectivity index (χ2n) is 9.50. The van der Waals surface area contributed by atoms with Gasteiger partial charge in [-0.2, -0.15) is 0 Å². The number of nitrogens with zero attached hydrogens (tertiary/aromatic N) is 3. The Hall–Kier alpha value is -3.31. The molecule has 0 N–H and O–H groups in total. The van der Waals surface area contributed by atoms with Crippen molar-refractivity contribution in [2.45, 2.75) is 25.2 Å². The molecule has 1 saturated heterocycles. The summed E-state index contributed by atoms with van der Waals surface area (Å²) in [5.74, 6) is 1.15. The van der Waals surface area contributed by atoms with Gasteiger partial charge in [-0.25, -0.2) is 0 Å². The van der Waals surface area contributed by atoms with Crippen LogP contribution >= 0.6 is 0 Å². The summed E-state index contributed by atoms with van der Waals surface area (Å²) < 4.78 is 5.58. The van der Waals surface area contributed by atoms with Crippen molar-refractivity contribution in [2.24, 2.45) is 0 Å². The molecular formula is C30H35N3O2. The van der Waals surface area contributed by atoms with Crippen LogP contribution in [0.5, 0.6) is 5.75 Å². The van der Waals surface area contributed by atoms with E-state index in [0.717, 1.165) is 80.4 Å².